The lowest BCUT2D eigenvalue weighted by atomic mass is 9.94. The van der Waals surface area contributed by atoms with Crippen LogP contribution in [0.5, 0.6) is 0 Å². The summed E-state index contributed by atoms with van der Waals surface area (Å²) in [5, 5.41) is 10.3. The van der Waals surface area contributed by atoms with Gasteiger partial charge in [0.05, 0.1) is 11.4 Å². The maximum Gasteiger partial charge on any atom is 0.0883 e. The minimum absolute atomic E-state index is 0.553. The lowest BCUT2D eigenvalue weighted by molar-refractivity contribution is 0.453. The van der Waals surface area contributed by atoms with Gasteiger partial charge in [0, 0.05) is 12.1 Å². The number of anilines is 1. The molecular formula is C8H14N4. The Morgan fingerprint density at radius 1 is 1.42 bits per heavy atom. The molecule has 0 saturated carbocycles. The Kier molecular flexibility index (Phi) is 1.99. The molecule has 1 aromatic rings. The predicted octanol–water partition coefficient (Wildman–Crippen LogP) is 0.459. The molecule has 4 N–H and O–H groups in total. The van der Waals surface area contributed by atoms with E-state index in [1.54, 1.807) is 6.20 Å². The molecule has 0 amide bonds. The van der Waals surface area contributed by atoms with Gasteiger partial charge < -0.3 is 11.1 Å². The van der Waals surface area contributed by atoms with Gasteiger partial charge >= 0.3 is 0 Å². The van der Waals surface area contributed by atoms with Gasteiger partial charge in [0.2, 0.25) is 0 Å². The first-order valence-corrected chi connectivity index (χ1v) is 4.38. The van der Waals surface area contributed by atoms with E-state index < -0.39 is 0 Å². The van der Waals surface area contributed by atoms with Crippen LogP contribution in [0.1, 0.15) is 24.5 Å². The zero-order valence-electron chi connectivity index (χ0n) is 7.01. The number of rotatable bonds is 1. The van der Waals surface area contributed by atoms with Gasteiger partial charge in [-0.15, -0.1) is 0 Å². The first-order chi connectivity index (χ1) is 5.88. The molecule has 0 unspecified atom stereocenters. The lowest BCUT2D eigenvalue weighted by Gasteiger charge is -2.21. The molecular weight excluding hydrogens is 152 g/mol. The summed E-state index contributed by atoms with van der Waals surface area (Å²) in [5.41, 5.74) is 7.62. The molecule has 12 heavy (non-hydrogen) atoms. The number of hydrogen-bond donors (Lipinski definition) is 3. The van der Waals surface area contributed by atoms with Crippen LogP contribution in [-0.4, -0.2) is 23.3 Å². The molecule has 1 aliphatic heterocycles. The van der Waals surface area contributed by atoms with E-state index in [1.807, 2.05) is 0 Å². The van der Waals surface area contributed by atoms with Gasteiger partial charge in [0.1, 0.15) is 0 Å². The topological polar surface area (TPSA) is 66.7 Å². The quantitative estimate of drug-likeness (QED) is 0.567. The molecule has 1 aromatic heterocycles. The average molecular weight is 166 g/mol. The molecule has 4 heteroatoms. The van der Waals surface area contributed by atoms with Crippen molar-refractivity contribution in [2.75, 3.05) is 18.8 Å². The fourth-order valence-electron chi connectivity index (χ4n) is 1.73. The summed E-state index contributed by atoms with van der Waals surface area (Å²) in [6.07, 6.45) is 4.06. The monoisotopic (exact) mass is 166 g/mol. The number of aromatic nitrogens is 2. The molecule has 1 aliphatic rings. The molecule has 0 radical (unpaired) electrons. The summed E-state index contributed by atoms with van der Waals surface area (Å²) in [4.78, 5) is 0. The standard InChI is InChI=1S/C8H14N4/c9-7-5-11-12-8(7)6-1-3-10-4-2-6/h5-6,10H,1-4,9H2,(H,11,12). The number of nitrogens with zero attached hydrogens (tertiary/aromatic N) is 1. The van der Waals surface area contributed by atoms with Crippen molar-refractivity contribution in [2.45, 2.75) is 18.8 Å². The van der Waals surface area contributed by atoms with Crippen molar-refractivity contribution < 1.29 is 0 Å². The number of nitrogens with two attached hydrogens (primary N) is 1. The number of piperidine rings is 1. The van der Waals surface area contributed by atoms with Gasteiger partial charge in [-0.1, -0.05) is 0 Å². The Bertz CT molecular complexity index is 249. The van der Waals surface area contributed by atoms with Crippen LogP contribution in [-0.2, 0) is 0 Å². The van der Waals surface area contributed by atoms with Crippen molar-refractivity contribution in [1.82, 2.24) is 15.5 Å². The first kappa shape index (κ1) is 7.61. The Hall–Kier alpha value is -1.03. The fraction of sp³-hybridized carbons (Fsp3) is 0.625. The highest BCUT2D eigenvalue weighted by Crippen LogP contribution is 2.26. The highest BCUT2D eigenvalue weighted by atomic mass is 15.1. The summed E-state index contributed by atoms with van der Waals surface area (Å²) in [7, 11) is 0. The van der Waals surface area contributed by atoms with Crippen LogP contribution in [0.4, 0.5) is 5.69 Å². The summed E-state index contributed by atoms with van der Waals surface area (Å²) < 4.78 is 0. The van der Waals surface area contributed by atoms with Crippen molar-refractivity contribution in [3.05, 3.63) is 11.9 Å². The smallest absolute Gasteiger partial charge is 0.0883 e. The van der Waals surface area contributed by atoms with Gasteiger partial charge in [0.25, 0.3) is 0 Å². The number of nitrogen functional groups attached to an aromatic ring is 1. The summed E-state index contributed by atoms with van der Waals surface area (Å²) in [6.45, 7) is 2.16. The van der Waals surface area contributed by atoms with Crippen molar-refractivity contribution in [2.24, 2.45) is 0 Å². The number of aromatic amines is 1. The summed E-state index contributed by atoms with van der Waals surface area (Å²) in [5.74, 6) is 0.553. The Balaban J connectivity index is 2.13. The van der Waals surface area contributed by atoms with E-state index >= 15 is 0 Å². The van der Waals surface area contributed by atoms with Crippen molar-refractivity contribution in [3.63, 3.8) is 0 Å². The number of hydrogen-bond acceptors (Lipinski definition) is 3. The molecule has 0 spiro atoms. The molecule has 0 aromatic carbocycles. The van der Waals surface area contributed by atoms with E-state index in [2.05, 4.69) is 15.5 Å². The highest BCUT2D eigenvalue weighted by molar-refractivity contribution is 5.42. The highest BCUT2D eigenvalue weighted by Gasteiger charge is 2.18. The summed E-state index contributed by atoms with van der Waals surface area (Å²) >= 11 is 0. The van der Waals surface area contributed by atoms with Gasteiger partial charge in [-0.3, -0.25) is 5.10 Å². The first-order valence-electron chi connectivity index (χ1n) is 4.38. The summed E-state index contributed by atoms with van der Waals surface area (Å²) in [6, 6.07) is 0. The van der Waals surface area contributed by atoms with Gasteiger partial charge in [-0.2, -0.15) is 5.10 Å². The third-order valence-corrected chi connectivity index (χ3v) is 2.43. The minimum Gasteiger partial charge on any atom is -0.396 e. The van der Waals surface area contributed by atoms with Crippen LogP contribution in [0.25, 0.3) is 0 Å². The average Bonchev–Trinajstić information content (AvgIpc) is 2.53. The maximum absolute atomic E-state index is 5.76. The largest absolute Gasteiger partial charge is 0.396 e. The van der Waals surface area contributed by atoms with E-state index in [0.717, 1.165) is 37.3 Å². The van der Waals surface area contributed by atoms with E-state index in [9.17, 15) is 0 Å². The Morgan fingerprint density at radius 3 is 2.75 bits per heavy atom. The van der Waals surface area contributed by atoms with Gasteiger partial charge in [-0.25, -0.2) is 0 Å². The molecule has 0 aliphatic carbocycles. The van der Waals surface area contributed by atoms with E-state index in [1.165, 1.54) is 0 Å². The van der Waals surface area contributed by atoms with Crippen LogP contribution in [0.15, 0.2) is 6.20 Å². The van der Waals surface area contributed by atoms with Crippen LogP contribution >= 0.6 is 0 Å². The van der Waals surface area contributed by atoms with Crippen molar-refractivity contribution in [1.29, 1.82) is 0 Å². The zero-order chi connectivity index (χ0) is 8.39. The second kappa shape index (κ2) is 3.15. The van der Waals surface area contributed by atoms with E-state index in [0.29, 0.717) is 5.92 Å². The molecule has 0 bridgehead atoms. The second-order valence-electron chi connectivity index (χ2n) is 3.25. The maximum atomic E-state index is 5.76. The zero-order valence-corrected chi connectivity index (χ0v) is 7.01. The third kappa shape index (κ3) is 1.30. The molecule has 2 heterocycles. The number of H-pyrrole nitrogens is 1. The molecule has 66 valence electrons. The van der Waals surface area contributed by atoms with Crippen molar-refractivity contribution in [3.8, 4) is 0 Å². The van der Waals surface area contributed by atoms with E-state index in [-0.39, 0.29) is 0 Å². The Labute approximate surface area is 71.5 Å². The van der Waals surface area contributed by atoms with Crippen LogP contribution < -0.4 is 11.1 Å². The number of nitrogens with one attached hydrogen (secondary N) is 2. The molecule has 4 nitrogen and oxygen atoms in total. The lowest BCUT2D eigenvalue weighted by Crippen LogP contribution is -2.27. The normalized spacial score (nSPS) is 19.7. The van der Waals surface area contributed by atoms with Crippen molar-refractivity contribution >= 4 is 5.69 Å². The second-order valence-corrected chi connectivity index (χ2v) is 3.25. The fourth-order valence-corrected chi connectivity index (χ4v) is 1.73. The molecule has 1 saturated heterocycles. The SMILES string of the molecule is Nc1c[nH]nc1C1CCNCC1. The van der Waals surface area contributed by atoms with Crippen LogP contribution in [0.3, 0.4) is 0 Å². The predicted molar refractivity (Wildman–Crippen MR) is 47.8 cm³/mol. The van der Waals surface area contributed by atoms with Crippen LogP contribution in [0.2, 0.25) is 0 Å². The minimum atomic E-state index is 0.553. The Morgan fingerprint density at radius 2 is 2.17 bits per heavy atom. The van der Waals surface area contributed by atoms with Gasteiger partial charge in [0.15, 0.2) is 0 Å². The third-order valence-electron chi connectivity index (χ3n) is 2.43. The molecule has 1 fully saturated rings. The van der Waals surface area contributed by atoms with Crippen LogP contribution in [0, 0.1) is 0 Å². The van der Waals surface area contributed by atoms with Gasteiger partial charge in [-0.05, 0) is 25.9 Å². The molecule has 2 rings (SSSR count). The van der Waals surface area contributed by atoms with E-state index in [4.69, 9.17) is 5.73 Å². The molecule has 0 atom stereocenters.